The molecule has 0 radical (unpaired) electrons. The van der Waals surface area contributed by atoms with E-state index in [-0.39, 0.29) is 5.78 Å². The van der Waals surface area contributed by atoms with Crippen molar-refractivity contribution in [3.8, 4) is 0 Å². The van der Waals surface area contributed by atoms with E-state index in [0.717, 1.165) is 50.4 Å². The fourth-order valence-corrected chi connectivity index (χ4v) is 4.59. The van der Waals surface area contributed by atoms with Gasteiger partial charge < -0.3 is 9.25 Å². The maximum absolute atomic E-state index is 12.9. The summed E-state index contributed by atoms with van der Waals surface area (Å²) >= 11 is 1.61. The van der Waals surface area contributed by atoms with Gasteiger partial charge in [-0.15, -0.1) is 0 Å². The first-order chi connectivity index (χ1) is 17.3. The molecule has 4 rings (SSSR count). The molecule has 1 heterocycles. The highest BCUT2D eigenvalue weighted by atomic mass is 32.2. The van der Waals surface area contributed by atoms with Gasteiger partial charge in [-0.05, 0) is 79.3 Å². The van der Waals surface area contributed by atoms with Crippen LogP contribution in [0.5, 0.6) is 0 Å². The second kappa shape index (κ2) is 11.4. The number of para-hydroxylation sites is 1. The summed E-state index contributed by atoms with van der Waals surface area (Å²) in [6.45, 7) is 7.62. The molecule has 0 spiro atoms. The molecule has 36 heavy (non-hydrogen) atoms. The Morgan fingerprint density at radius 3 is 2.17 bits per heavy atom. The van der Waals surface area contributed by atoms with Crippen LogP contribution in [0.3, 0.4) is 0 Å². The van der Waals surface area contributed by atoms with Gasteiger partial charge in [0.1, 0.15) is 5.58 Å². The van der Waals surface area contributed by atoms with Crippen LogP contribution in [0, 0.1) is 12.8 Å². The molecule has 0 aliphatic heterocycles. The molecule has 5 nitrogen and oxygen atoms in total. The summed E-state index contributed by atoms with van der Waals surface area (Å²) < 4.78 is 5.84. The van der Waals surface area contributed by atoms with E-state index >= 15 is 0 Å². The molecule has 1 aromatic heterocycles. The molecule has 0 amide bonds. The monoisotopic (exact) mass is 499 g/mol. The van der Waals surface area contributed by atoms with Gasteiger partial charge in [0.2, 0.25) is 5.78 Å². The minimum atomic E-state index is -0.429. The Kier molecular flexibility index (Phi) is 8.06. The number of carbonyl (C=O) groups excluding carboxylic acids is 2. The predicted molar refractivity (Wildman–Crippen MR) is 144 cm³/mol. The molecular weight excluding hydrogens is 470 g/mol. The SMILES string of the molecule is CC(=O)ON=C(CCC(C)C)c1ccc(Sc2ccc(C(=O)c3cc4cccc(C)c4o3)cc2)cc1. The quantitative estimate of drug-likeness (QED) is 0.102. The number of furan rings is 1. The maximum Gasteiger partial charge on any atom is 0.331 e. The van der Waals surface area contributed by atoms with Gasteiger partial charge in [0.15, 0.2) is 5.76 Å². The standard InChI is InChI=1S/C30H29NO4S/c1-19(2)8-17-27(31-35-21(4)32)22-9-13-25(14-10-22)36-26-15-11-23(12-16-26)29(33)28-18-24-7-5-6-20(3)30(24)34-28/h5-7,9-16,18-19H,8,17H2,1-4H3. The van der Waals surface area contributed by atoms with Crippen LogP contribution in [0.25, 0.3) is 11.0 Å². The third-order valence-corrected chi connectivity index (χ3v) is 6.76. The highest BCUT2D eigenvalue weighted by Crippen LogP contribution is 2.30. The number of ketones is 1. The Bertz CT molecular complexity index is 1400. The molecule has 0 unspecified atom stereocenters. The molecule has 0 aliphatic carbocycles. The zero-order chi connectivity index (χ0) is 25.7. The Balaban J connectivity index is 1.45. The number of nitrogens with zero attached hydrogens (tertiary/aromatic N) is 1. The number of benzene rings is 3. The maximum atomic E-state index is 12.9. The van der Waals surface area contributed by atoms with Crippen LogP contribution in [0.15, 0.2) is 92.2 Å². The molecule has 0 saturated heterocycles. The molecule has 0 saturated carbocycles. The predicted octanol–water partition coefficient (Wildman–Crippen LogP) is 7.83. The minimum Gasteiger partial charge on any atom is -0.452 e. The average molecular weight is 500 g/mol. The van der Waals surface area contributed by atoms with E-state index < -0.39 is 5.97 Å². The molecule has 0 N–H and O–H groups in total. The Morgan fingerprint density at radius 1 is 0.944 bits per heavy atom. The van der Waals surface area contributed by atoms with Gasteiger partial charge in [0.05, 0.1) is 5.71 Å². The van der Waals surface area contributed by atoms with Gasteiger partial charge >= 0.3 is 5.97 Å². The Labute approximate surface area is 215 Å². The molecular formula is C30H29NO4S. The first-order valence-electron chi connectivity index (χ1n) is 12.0. The molecule has 0 atom stereocenters. The van der Waals surface area contributed by atoms with E-state index in [2.05, 4.69) is 19.0 Å². The lowest BCUT2D eigenvalue weighted by molar-refractivity contribution is -0.140. The number of aryl methyl sites for hydroxylation is 1. The van der Waals surface area contributed by atoms with Crippen LogP contribution in [0.1, 0.15) is 60.9 Å². The second-order valence-electron chi connectivity index (χ2n) is 9.14. The van der Waals surface area contributed by atoms with Gasteiger partial charge in [-0.1, -0.05) is 61.1 Å². The van der Waals surface area contributed by atoms with Gasteiger partial charge in [-0.25, -0.2) is 4.79 Å². The Hall–Kier alpha value is -3.64. The topological polar surface area (TPSA) is 68.9 Å². The lowest BCUT2D eigenvalue weighted by atomic mass is 10.0. The first kappa shape index (κ1) is 25.5. The van der Waals surface area contributed by atoms with Crippen LogP contribution in [-0.2, 0) is 9.63 Å². The molecule has 0 aliphatic rings. The second-order valence-corrected chi connectivity index (χ2v) is 10.3. The fraction of sp³-hybridized carbons (Fsp3) is 0.233. The van der Waals surface area contributed by atoms with Crippen molar-refractivity contribution in [3.05, 3.63) is 95.2 Å². The minimum absolute atomic E-state index is 0.132. The molecule has 0 fully saturated rings. The van der Waals surface area contributed by atoms with Crippen LogP contribution >= 0.6 is 11.8 Å². The lowest BCUT2D eigenvalue weighted by Gasteiger charge is -2.09. The third-order valence-electron chi connectivity index (χ3n) is 5.75. The molecule has 0 bridgehead atoms. The molecule has 3 aromatic carbocycles. The van der Waals surface area contributed by atoms with Crippen LogP contribution < -0.4 is 0 Å². The smallest absolute Gasteiger partial charge is 0.331 e. The highest BCUT2D eigenvalue weighted by molar-refractivity contribution is 7.99. The summed E-state index contributed by atoms with van der Waals surface area (Å²) in [6.07, 6.45) is 1.69. The van der Waals surface area contributed by atoms with Crippen molar-refractivity contribution in [3.63, 3.8) is 0 Å². The summed E-state index contributed by atoms with van der Waals surface area (Å²) in [5, 5.41) is 5.00. The summed E-state index contributed by atoms with van der Waals surface area (Å²) in [5.41, 5.74) is 4.04. The van der Waals surface area contributed by atoms with E-state index in [1.165, 1.54) is 6.92 Å². The van der Waals surface area contributed by atoms with Crippen molar-refractivity contribution < 1.29 is 18.8 Å². The summed E-state index contributed by atoms with van der Waals surface area (Å²) in [5.74, 6) is 0.307. The third kappa shape index (κ3) is 6.32. The number of rotatable bonds is 9. The Morgan fingerprint density at radius 2 is 1.58 bits per heavy atom. The normalized spacial score (nSPS) is 11.8. The van der Waals surface area contributed by atoms with Gasteiger partial charge in [-0.2, -0.15) is 0 Å². The van der Waals surface area contributed by atoms with Crippen molar-refractivity contribution in [2.24, 2.45) is 11.1 Å². The van der Waals surface area contributed by atoms with Crippen molar-refractivity contribution >= 4 is 40.2 Å². The molecule has 184 valence electrons. The molecule has 6 heteroatoms. The number of hydrogen-bond acceptors (Lipinski definition) is 6. The summed E-state index contributed by atoms with van der Waals surface area (Å²) in [4.78, 5) is 31.2. The van der Waals surface area contributed by atoms with Crippen LogP contribution in [-0.4, -0.2) is 17.5 Å². The average Bonchev–Trinajstić information content (AvgIpc) is 3.30. The van der Waals surface area contributed by atoms with Crippen molar-refractivity contribution in [1.29, 1.82) is 0 Å². The van der Waals surface area contributed by atoms with Crippen LogP contribution in [0.2, 0.25) is 0 Å². The summed E-state index contributed by atoms with van der Waals surface area (Å²) in [6, 6.07) is 23.2. The van der Waals surface area contributed by atoms with E-state index in [1.54, 1.807) is 17.8 Å². The van der Waals surface area contributed by atoms with E-state index in [9.17, 15) is 9.59 Å². The first-order valence-corrected chi connectivity index (χ1v) is 12.8. The number of oxime groups is 1. The van der Waals surface area contributed by atoms with Crippen molar-refractivity contribution in [2.45, 2.75) is 50.3 Å². The number of carbonyl (C=O) groups is 2. The van der Waals surface area contributed by atoms with Crippen molar-refractivity contribution in [2.75, 3.05) is 0 Å². The van der Waals surface area contributed by atoms with E-state index in [0.29, 0.717) is 17.2 Å². The van der Waals surface area contributed by atoms with Gasteiger partial charge in [0.25, 0.3) is 0 Å². The van der Waals surface area contributed by atoms with Crippen molar-refractivity contribution in [1.82, 2.24) is 0 Å². The van der Waals surface area contributed by atoms with E-state index in [4.69, 9.17) is 9.25 Å². The van der Waals surface area contributed by atoms with Crippen LogP contribution in [0.4, 0.5) is 0 Å². The lowest BCUT2D eigenvalue weighted by Crippen LogP contribution is -2.06. The largest absolute Gasteiger partial charge is 0.452 e. The fourth-order valence-electron chi connectivity index (χ4n) is 3.78. The number of hydrogen-bond donors (Lipinski definition) is 0. The molecule has 4 aromatic rings. The number of fused-ring (bicyclic) bond motifs is 1. The zero-order valence-corrected chi connectivity index (χ0v) is 21.7. The van der Waals surface area contributed by atoms with Gasteiger partial charge in [-0.3, -0.25) is 4.79 Å². The van der Waals surface area contributed by atoms with E-state index in [1.807, 2.05) is 73.7 Å². The summed E-state index contributed by atoms with van der Waals surface area (Å²) in [7, 11) is 0. The zero-order valence-electron chi connectivity index (χ0n) is 20.9. The highest BCUT2D eigenvalue weighted by Gasteiger charge is 2.16. The van der Waals surface area contributed by atoms with Gasteiger partial charge in [0, 0.05) is 27.7 Å².